The van der Waals surface area contributed by atoms with Crippen molar-refractivity contribution in [1.29, 1.82) is 0 Å². The number of nitrogens with zero attached hydrogens (tertiary/aromatic N) is 1. The van der Waals surface area contributed by atoms with Crippen LogP contribution in [-0.2, 0) is 12.8 Å². The fraction of sp³-hybridized carbons (Fsp3) is 0.526. The molecular weight excluding hydrogens is 387 g/mol. The first-order chi connectivity index (χ1) is 13.3. The second-order valence-corrected chi connectivity index (χ2v) is 8.25. The zero-order valence-electron chi connectivity index (χ0n) is 15.7. The summed E-state index contributed by atoms with van der Waals surface area (Å²) in [6.45, 7) is 3.33. The zero-order chi connectivity index (χ0) is 20.4. The number of nitrogens with one attached hydrogen (secondary N) is 1. The Morgan fingerprint density at radius 1 is 1.21 bits per heavy atom. The van der Waals surface area contributed by atoms with Crippen molar-refractivity contribution in [3.05, 3.63) is 46.4 Å². The molecule has 7 nitrogen and oxygen atoms in total. The Morgan fingerprint density at radius 2 is 1.96 bits per heavy atom. The largest absolute Gasteiger partial charge is 0.459 e. The van der Waals surface area contributed by atoms with E-state index in [9.17, 15) is 24.8 Å². The molecule has 1 aromatic heterocycles. The molecule has 9 heteroatoms. The predicted molar refractivity (Wildman–Crippen MR) is 103 cm³/mol. The summed E-state index contributed by atoms with van der Waals surface area (Å²) in [5.74, 6) is -0.0286. The molecule has 154 valence electrons. The number of aromatic nitrogens is 2. The topological polar surface area (TPSA) is 119 Å². The molecule has 0 unspecified atom stereocenters. The first-order valence-electron chi connectivity index (χ1n) is 9.14. The van der Waals surface area contributed by atoms with E-state index in [-0.39, 0.29) is 18.3 Å². The fourth-order valence-electron chi connectivity index (χ4n) is 3.20. The maximum absolute atomic E-state index is 14.1. The number of hydrogen-bond donors (Lipinski definition) is 5. The summed E-state index contributed by atoms with van der Waals surface area (Å²) in [4.78, 5) is 0. The first kappa shape index (κ1) is 21.1. The second-order valence-electron chi connectivity index (χ2n) is 6.90. The van der Waals surface area contributed by atoms with Crippen LogP contribution in [0.2, 0.25) is 0 Å². The molecule has 0 aliphatic carbocycles. The summed E-state index contributed by atoms with van der Waals surface area (Å²) >= 11 is 1.03. The number of halogens is 1. The van der Waals surface area contributed by atoms with Crippen molar-refractivity contribution in [3.8, 4) is 5.88 Å². The van der Waals surface area contributed by atoms with Crippen LogP contribution >= 0.6 is 11.8 Å². The van der Waals surface area contributed by atoms with Gasteiger partial charge in [-0.2, -0.15) is 0 Å². The maximum Gasteiger partial charge on any atom is 0.237 e. The average molecular weight is 412 g/mol. The van der Waals surface area contributed by atoms with Gasteiger partial charge in [0.2, 0.25) is 5.88 Å². The van der Waals surface area contributed by atoms with Gasteiger partial charge in [0.25, 0.3) is 0 Å². The molecule has 1 aliphatic rings. The summed E-state index contributed by atoms with van der Waals surface area (Å²) in [6.07, 6.45) is -3.06. The summed E-state index contributed by atoms with van der Waals surface area (Å²) in [5.41, 5.74) is 1.93. The molecule has 1 aliphatic heterocycles. The van der Waals surface area contributed by atoms with Crippen LogP contribution < -0.4 is 4.74 Å². The molecule has 1 aromatic carbocycles. The number of aromatic amines is 1. The monoisotopic (exact) mass is 412 g/mol. The van der Waals surface area contributed by atoms with Gasteiger partial charge in [-0.05, 0) is 30.5 Å². The molecule has 1 saturated heterocycles. The van der Waals surface area contributed by atoms with Crippen molar-refractivity contribution in [2.45, 2.75) is 55.7 Å². The molecule has 5 atom stereocenters. The average Bonchev–Trinajstić information content (AvgIpc) is 3.02. The lowest BCUT2D eigenvalue weighted by molar-refractivity contribution is -0.0915. The van der Waals surface area contributed by atoms with Gasteiger partial charge < -0.3 is 25.2 Å². The van der Waals surface area contributed by atoms with Gasteiger partial charge in [-0.15, -0.1) is 16.9 Å². The number of H-pyrrole nitrogens is 1. The van der Waals surface area contributed by atoms with Gasteiger partial charge in [0.05, 0.1) is 18.0 Å². The highest BCUT2D eigenvalue weighted by atomic mass is 32.2. The van der Waals surface area contributed by atoms with Crippen LogP contribution in [0, 0.1) is 12.7 Å². The van der Waals surface area contributed by atoms with Crippen LogP contribution in [0.1, 0.15) is 29.3 Å². The maximum atomic E-state index is 14.1. The number of ether oxygens (including phenoxy) is 1. The van der Waals surface area contributed by atoms with E-state index in [0.29, 0.717) is 24.0 Å². The zero-order valence-corrected chi connectivity index (χ0v) is 16.5. The van der Waals surface area contributed by atoms with E-state index >= 15 is 0 Å². The van der Waals surface area contributed by atoms with Gasteiger partial charge in [0.15, 0.2) is 5.44 Å². The lowest BCUT2D eigenvalue weighted by Crippen LogP contribution is -2.55. The number of hydrogen-bond acceptors (Lipinski definition) is 7. The van der Waals surface area contributed by atoms with Gasteiger partial charge in [-0.25, -0.2) is 4.39 Å². The molecule has 0 spiro atoms. The number of benzene rings is 1. The molecule has 0 amide bonds. The van der Waals surface area contributed by atoms with Crippen molar-refractivity contribution >= 4 is 11.8 Å². The number of aryl methyl sites for hydroxylation is 2. The van der Waals surface area contributed by atoms with Crippen molar-refractivity contribution in [1.82, 2.24) is 10.2 Å². The van der Waals surface area contributed by atoms with Crippen molar-refractivity contribution < 1.29 is 29.6 Å². The number of aliphatic hydroxyl groups excluding tert-OH is 4. The van der Waals surface area contributed by atoms with E-state index in [1.54, 1.807) is 6.07 Å². The van der Waals surface area contributed by atoms with Crippen LogP contribution in [0.5, 0.6) is 5.88 Å². The molecule has 28 heavy (non-hydrogen) atoms. The summed E-state index contributed by atoms with van der Waals surface area (Å²) in [5, 5.41) is 45.8. The van der Waals surface area contributed by atoms with Crippen LogP contribution in [0.4, 0.5) is 4.39 Å². The lowest BCUT2D eigenvalue weighted by atomic mass is 10.0. The molecule has 0 radical (unpaired) electrons. The van der Waals surface area contributed by atoms with Crippen molar-refractivity contribution in [2.75, 3.05) is 6.61 Å². The first-order valence-corrected chi connectivity index (χ1v) is 10.1. The molecule has 5 N–H and O–H groups in total. The van der Waals surface area contributed by atoms with Crippen molar-refractivity contribution in [3.63, 3.8) is 0 Å². The van der Waals surface area contributed by atoms with E-state index in [0.717, 1.165) is 23.0 Å². The molecule has 3 rings (SSSR count). The number of rotatable bonds is 6. The van der Waals surface area contributed by atoms with E-state index in [2.05, 4.69) is 10.2 Å². The Hall–Kier alpha value is -1.65. The Balaban J connectivity index is 1.80. The predicted octanol–water partition coefficient (Wildman–Crippen LogP) is 0.906. The van der Waals surface area contributed by atoms with Crippen LogP contribution in [-0.4, -0.2) is 66.2 Å². The highest BCUT2D eigenvalue weighted by Gasteiger charge is 2.44. The summed E-state index contributed by atoms with van der Waals surface area (Å²) in [7, 11) is 0. The van der Waals surface area contributed by atoms with Gasteiger partial charge in [-0.3, -0.25) is 5.10 Å². The molecular formula is C19H25FN2O5S. The second kappa shape index (κ2) is 8.79. The molecule has 0 saturated carbocycles. The van der Waals surface area contributed by atoms with Gasteiger partial charge in [0, 0.05) is 17.7 Å². The van der Waals surface area contributed by atoms with E-state index in [1.165, 1.54) is 6.07 Å². The van der Waals surface area contributed by atoms with E-state index in [1.807, 2.05) is 19.9 Å². The Morgan fingerprint density at radius 3 is 2.61 bits per heavy atom. The summed E-state index contributed by atoms with van der Waals surface area (Å²) < 4.78 is 19.9. The standard InChI is InChI=1S/C19H25FN2O5S/c1-3-11-5-4-10(7-13(11)20)6-12-9(2)21-22-18(12)27-19-17(26)16(25)15(24)14(8-23)28-19/h4-5,7,14-17,19,23-26H,3,6,8H2,1-2H3,(H,21,22)/t14-,15-,16+,17-,19-/m1/s1. The van der Waals surface area contributed by atoms with Crippen molar-refractivity contribution in [2.24, 2.45) is 0 Å². The molecule has 0 bridgehead atoms. The Labute approximate surface area is 166 Å². The molecule has 1 fully saturated rings. The Bertz CT molecular complexity index is 816. The van der Waals surface area contributed by atoms with Gasteiger partial charge in [0.1, 0.15) is 18.0 Å². The van der Waals surface area contributed by atoms with E-state index < -0.39 is 29.0 Å². The van der Waals surface area contributed by atoms with Gasteiger partial charge in [-0.1, -0.05) is 19.1 Å². The molecule has 2 aromatic rings. The van der Waals surface area contributed by atoms with Crippen LogP contribution in [0.25, 0.3) is 0 Å². The normalized spacial score (nSPS) is 27.8. The van der Waals surface area contributed by atoms with Crippen LogP contribution in [0.3, 0.4) is 0 Å². The quantitative estimate of drug-likeness (QED) is 0.478. The van der Waals surface area contributed by atoms with Gasteiger partial charge >= 0.3 is 0 Å². The Kier molecular flexibility index (Phi) is 6.61. The number of thioether (sulfide) groups is 1. The smallest absolute Gasteiger partial charge is 0.237 e. The lowest BCUT2D eigenvalue weighted by Gasteiger charge is -2.38. The SMILES string of the molecule is CCc1ccc(Cc2c(O[C@@H]3S[C@H](CO)[C@@H](O)[C@H](O)[C@H]3O)n[nH]c2C)cc1F. The molecule has 2 heterocycles. The summed E-state index contributed by atoms with van der Waals surface area (Å²) in [6, 6.07) is 5.09. The highest BCUT2D eigenvalue weighted by molar-refractivity contribution is 8.00. The van der Waals surface area contributed by atoms with E-state index in [4.69, 9.17) is 4.74 Å². The minimum atomic E-state index is -1.44. The highest BCUT2D eigenvalue weighted by Crippen LogP contribution is 2.35. The van der Waals surface area contributed by atoms with Crippen LogP contribution in [0.15, 0.2) is 18.2 Å². The third-order valence-electron chi connectivity index (χ3n) is 4.99. The third kappa shape index (κ3) is 4.18. The minimum Gasteiger partial charge on any atom is -0.459 e. The fourth-order valence-corrected chi connectivity index (χ4v) is 4.42. The minimum absolute atomic E-state index is 0.231. The third-order valence-corrected chi connectivity index (χ3v) is 6.41. The number of aliphatic hydroxyl groups is 4.